The molecule has 0 saturated carbocycles. The van der Waals surface area contributed by atoms with Gasteiger partial charge in [0.2, 0.25) is 0 Å². The van der Waals surface area contributed by atoms with Gasteiger partial charge in [-0.2, -0.15) is 0 Å². The second kappa shape index (κ2) is 5.94. The van der Waals surface area contributed by atoms with E-state index < -0.39 is 0 Å². The second-order valence-electron chi connectivity index (χ2n) is 3.89. The fourth-order valence-corrected chi connectivity index (χ4v) is 1.83. The van der Waals surface area contributed by atoms with Gasteiger partial charge >= 0.3 is 0 Å². The van der Waals surface area contributed by atoms with Crippen LogP contribution >= 0.6 is 11.6 Å². The van der Waals surface area contributed by atoms with E-state index in [1.54, 1.807) is 17.2 Å². The molecule has 0 aliphatic heterocycles. The van der Waals surface area contributed by atoms with Crippen LogP contribution in [-0.4, -0.2) is 29.3 Å². The molecule has 3 nitrogen and oxygen atoms in total. The summed E-state index contributed by atoms with van der Waals surface area (Å²) in [6, 6.07) is 1.87. The largest absolute Gasteiger partial charge is 0.469 e. The molecule has 0 spiro atoms. The highest BCUT2D eigenvalue weighted by Gasteiger charge is 2.21. The van der Waals surface area contributed by atoms with Crippen molar-refractivity contribution in [3.05, 3.63) is 23.7 Å². The van der Waals surface area contributed by atoms with Crippen LogP contribution in [0.2, 0.25) is 0 Å². The molecular formula is C12H18ClNO2. The van der Waals surface area contributed by atoms with Gasteiger partial charge in [-0.1, -0.05) is 6.92 Å². The third kappa shape index (κ3) is 2.79. The van der Waals surface area contributed by atoms with E-state index in [2.05, 4.69) is 0 Å². The smallest absolute Gasteiger partial charge is 0.257 e. The van der Waals surface area contributed by atoms with Crippen molar-refractivity contribution >= 4 is 17.5 Å². The van der Waals surface area contributed by atoms with E-state index in [-0.39, 0.29) is 11.9 Å². The molecule has 4 heteroatoms. The number of rotatable bonds is 5. The number of nitrogens with zero attached hydrogens (tertiary/aromatic N) is 1. The van der Waals surface area contributed by atoms with Crippen LogP contribution in [0.5, 0.6) is 0 Å². The molecule has 0 aliphatic rings. The van der Waals surface area contributed by atoms with Crippen LogP contribution in [-0.2, 0) is 6.42 Å². The first-order valence-electron chi connectivity index (χ1n) is 5.55. The maximum atomic E-state index is 12.2. The summed E-state index contributed by atoms with van der Waals surface area (Å²) in [6.45, 7) is 6.50. The van der Waals surface area contributed by atoms with Gasteiger partial charge in [0.25, 0.3) is 5.91 Å². The summed E-state index contributed by atoms with van der Waals surface area (Å²) in [4.78, 5) is 14.0. The molecule has 90 valence electrons. The first kappa shape index (κ1) is 13.1. The lowest BCUT2D eigenvalue weighted by Crippen LogP contribution is -2.38. The number of alkyl halides is 1. The Morgan fingerprint density at radius 1 is 1.56 bits per heavy atom. The van der Waals surface area contributed by atoms with Gasteiger partial charge < -0.3 is 9.32 Å². The Bertz CT molecular complexity index is 347. The lowest BCUT2D eigenvalue weighted by molar-refractivity contribution is 0.0716. The van der Waals surface area contributed by atoms with Gasteiger partial charge in [-0.15, -0.1) is 11.6 Å². The van der Waals surface area contributed by atoms with E-state index in [1.807, 2.05) is 20.8 Å². The highest BCUT2D eigenvalue weighted by atomic mass is 35.5. The van der Waals surface area contributed by atoms with Crippen LogP contribution in [0.25, 0.3) is 0 Å². The number of carbonyl (C=O) groups excluding carboxylic acids is 1. The normalized spacial score (nSPS) is 10.8. The van der Waals surface area contributed by atoms with Crippen molar-refractivity contribution in [3.8, 4) is 0 Å². The molecular weight excluding hydrogens is 226 g/mol. The van der Waals surface area contributed by atoms with E-state index >= 15 is 0 Å². The lowest BCUT2D eigenvalue weighted by atomic mass is 10.1. The molecule has 0 atom stereocenters. The number of amides is 1. The highest BCUT2D eigenvalue weighted by molar-refractivity contribution is 6.18. The summed E-state index contributed by atoms with van der Waals surface area (Å²) in [6.07, 6.45) is 2.28. The Labute approximate surface area is 101 Å². The fourth-order valence-electron chi connectivity index (χ4n) is 1.64. The van der Waals surface area contributed by atoms with Crippen molar-refractivity contribution in [2.75, 3.05) is 12.4 Å². The predicted octanol–water partition coefficient (Wildman–Crippen LogP) is 2.93. The van der Waals surface area contributed by atoms with Gasteiger partial charge in [0.05, 0.1) is 11.8 Å². The van der Waals surface area contributed by atoms with Gasteiger partial charge in [0.15, 0.2) is 0 Å². The van der Waals surface area contributed by atoms with E-state index in [4.69, 9.17) is 16.0 Å². The lowest BCUT2D eigenvalue weighted by Gasteiger charge is -2.25. The zero-order valence-corrected chi connectivity index (χ0v) is 10.8. The molecule has 0 N–H and O–H groups in total. The van der Waals surface area contributed by atoms with E-state index in [9.17, 15) is 4.79 Å². The Kier molecular flexibility index (Phi) is 4.87. The molecule has 1 rings (SSSR count). The summed E-state index contributed by atoms with van der Waals surface area (Å²) in [5.41, 5.74) is 0.654. The zero-order chi connectivity index (χ0) is 12.1. The molecule has 1 amide bonds. The average Bonchev–Trinajstić information content (AvgIpc) is 2.72. The van der Waals surface area contributed by atoms with Crippen LogP contribution in [0, 0.1) is 0 Å². The van der Waals surface area contributed by atoms with E-state index in [0.717, 1.165) is 12.2 Å². The molecule has 1 aromatic rings. The minimum absolute atomic E-state index is 0.00116. The van der Waals surface area contributed by atoms with Crippen LogP contribution in [0.4, 0.5) is 0 Å². The Morgan fingerprint density at radius 3 is 2.75 bits per heavy atom. The third-order valence-electron chi connectivity index (χ3n) is 2.51. The van der Waals surface area contributed by atoms with Crippen molar-refractivity contribution in [1.82, 2.24) is 4.90 Å². The Balaban J connectivity index is 2.90. The first-order chi connectivity index (χ1) is 7.61. The van der Waals surface area contributed by atoms with Crippen LogP contribution in [0.3, 0.4) is 0 Å². The van der Waals surface area contributed by atoms with Gasteiger partial charge in [-0.3, -0.25) is 4.79 Å². The average molecular weight is 244 g/mol. The first-order valence-corrected chi connectivity index (χ1v) is 6.08. The maximum Gasteiger partial charge on any atom is 0.257 e. The Morgan fingerprint density at radius 2 is 2.25 bits per heavy atom. The van der Waals surface area contributed by atoms with E-state index in [0.29, 0.717) is 18.0 Å². The van der Waals surface area contributed by atoms with Gasteiger partial charge in [0.1, 0.15) is 5.76 Å². The molecule has 0 radical (unpaired) electrons. The maximum absolute atomic E-state index is 12.2. The number of aryl methyl sites for hydroxylation is 1. The number of halogens is 1. The molecule has 0 bridgehead atoms. The second-order valence-corrected chi connectivity index (χ2v) is 4.27. The van der Waals surface area contributed by atoms with Crippen LogP contribution < -0.4 is 0 Å². The standard InChI is InChI=1S/C12H18ClNO2/c1-4-11-10(5-8-16-11)12(15)14(7-6-13)9(2)3/h5,8-9H,4,6-7H2,1-3H3. The molecule has 0 aliphatic carbocycles. The molecule has 1 aromatic heterocycles. The molecule has 0 aromatic carbocycles. The molecule has 0 saturated heterocycles. The minimum atomic E-state index is 0.00116. The van der Waals surface area contributed by atoms with Crippen LogP contribution in [0.1, 0.15) is 36.9 Å². The van der Waals surface area contributed by atoms with Gasteiger partial charge in [-0.05, 0) is 19.9 Å². The van der Waals surface area contributed by atoms with E-state index in [1.165, 1.54) is 0 Å². The molecule has 0 fully saturated rings. The monoisotopic (exact) mass is 243 g/mol. The molecule has 0 unspecified atom stereocenters. The topological polar surface area (TPSA) is 33.5 Å². The number of furan rings is 1. The quantitative estimate of drug-likeness (QED) is 0.745. The minimum Gasteiger partial charge on any atom is -0.469 e. The third-order valence-corrected chi connectivity index (χ3v) is 2.68. The number of hydrogen-bond donors (Lipinski definition) is 0. The summed E-state index contributed by atoms with van der Waals surface area (Å²) < 4.78 is 5.26. The van der Waals surface area contributed by atoms with Crippen LogP contribution in [0.15, 0.2) is 16.7 Å². The summed E-state index contributed by atoms with van der Waals surface area (Å²) >= 11 is 5.70. The summed E-state index contributed by atoms with van der Waals surface area (Å²) in [7, 11) is 0. The summed E-state index contributed by atoms with van der Waals surface area (Å²) in [5, 5.41) is 0. The SMILES string of the molecule is CCc1occc1C(=O)N(CCCl)C(C)C. The number of hydrogen-bond acceptors (Lipinski definition) is 2. The van der Waals surface area contributed by atoms with Crippen molar-refractivity contribution in [2.24, 2.45) is 0 Å². The van der Waals surface area contributed by atoms with Gasteiger partial charge in [-0.25, -0.2) is 0 Å². The summed E-state index contributed by atoms with van der Waals surface area (Å²) in [5.74, 6) is 1.19. The van der Waals surface area contributed by atoms with Crippen molar-refractivity contribution in [2.45, 2.75) is 33.2 Å². The Hall–Kier alpha value is -0.960. The van der Waals surface area contributed by atoms with Crippen molar-refractivity contribution in [1.29, 1.82) is 0 Å². The van der Waals surface area contributed by atoms with Crippen molar-refractivity contribution < 1.29 is 9.21 Å². The number of carbonyl (C=O) groups is 1. The molecule has 16 heavy (non-hydrogen) atoms. The predicted molar refractivity (Wildman–Crippen MR) is 65.0 cm³/mol. The van der Waals surface area contributed by atoms with Crippen molar-refractivity contribution in [3.63, 3.8) is 0 Å². The fraction of sp³-hybridized carbons (Fsp3) is 0.583. The van der Waals surface area contributed by atoms with Gasteiger partial charge in [0, 0.05) is 24.9 Å². The zero-order valence-electron chi connectivity index (χ0n) is 10.00. The highest BCUT2D eigenvalue weighted by Crippen LogP contribution is 2.15. The molecule has 1 heterocycles.